The molecule has 0 bridgehead atoms. The lowest BCUT2D eigenvalue weighted by molar-refractivity contribution is -0.106. The molecule has 174 valence electrons. The molecule has 8 N–H and O–H groups in total. The molecule has 10 nitrogen and oxygen atoms in total. The lowest BCUT2D eigenvalue weighted by atomic mass is 10.1. The van der Waals surface area contributed by atoms with E-state index in [1.54, 1.807) is 0 Å². The molecule has 3 fully saturated rings. The SMILES string of the molecule is CC(NCCN(C)C[C@H]1O[C@@H](N2CNC3C(N)NCNC32)[C@H](O)[C@@H]1O)c1ccccc1. The molecule has 1 aromatic rings. The van der Waals surface area contributed by atoms with E-state index in [0.717, 1.165) is 13.1 Å². The van der Waals surface area contributed by atoms with Gasteiger partial charge in [0.25, 0.3) is 0 Å². The maximum Gasteiger partial charge on any atom is 0.142 e. The van der Waals surface area contributed by atoms with Crippen LogP contribution in [0, 0.1) is 0 Å². The summed E-state index contributed by atoms with van der Waals surface area (Å²) in [6, 6.07) is 10.6. The highest BCUT2D eigenvalue weighted by Gasteiger charge is 2.51. The topological polar surface area (TPSA) is 130 Å². The molecule has 3 aliphatic rings. The van der Waals surface area contributed by atoms with Gasteiger partial charge in [-0.2, -0.15) is 0 Å². The Morgan fingerprint density at radius 2 is 2.00 bits per heavy atom. The Kier molecular flexibility index (Phi) is 7.55. The summed E-state index contributed by atoms with van der Waals surface area (Å²) in [4.78, 5) is 4.14. The van der Waals surface area contributed by atoms with Gasteiger partial charge in [0.05, 0.1) is 25.0 Å². The average molecular weight is 436 g/mol. The molecule has 8 atom stereocenters. The minimum Gasteiger partial charge on any atom is -0.387 e. The predicted molar refractivity (Wildman–Crippen MR) is 118 cm³/mol. The van der Waals surface area contributed by atoms with E-state index in [2.05, 4.69) is 45.2 Å². The van der Waals surface area contributed by atoms with Gasteiger partial charge in [0, 0.05) is 32.3 Å². The van der Waals surface area contributed by atoms with Crippen molar-refractivity contribution in [2.45, 2.75) is 55.9 Å². The zero-order valence-corrected chi connectivity index (χ0v) is 18.3. The molecule has 0 aromatic heterocycles. The second-order valence-electron chi connectivity index (χ2n) is 8.85. The molecule has 0 aliphatic carbocycles. The van der Waals surface area contributed by atoms with Crippen LogP contribution in [0.1, 0.15) is 18.5 Å². The van der Waals surface area contributed by atoms with E-state index in [4.69, 9.17) is 10.5 Å². The number of likely N-dealkylation sites (N-methyl/N-ethyl adjacent to an activating group) is 1. The number of ether oxygens (including phenoxy) is 1. The number of nitrogens with zero attached hydrogens (tertiary/aromatic N) is 2. The van der Waals surface area contributed by atoms with E-state index >= 15 is 0 Å². The summed E-state index contributed by atoms with van der Waals surface area (Å²) in [6.07, 6.45) is -3.16. The summed E-state index contributed by atoms with van der Waals surface area (Å²) in [5.41, 5.74) is 7.39. The van der Waals surface area contributed by atoms with Gasteiger partial charge in [-0.05, 0) is 19.5 Å². The van der Waals surface area contributed by atoms with Crippen LogP contribution in [0.5, 0.6) is 0 Å². The van der Waals surface area contributed by atoms with Crippen LogP contribution in [0.4, 0.5) is 0 Å². The third kappa shape index (κ3) is 5.09. The van der Waals surface area contributed by atoms with Crippen molar-refractivity contribution in [1.29, 1.82) is 0 Å². The molecule has 0 saturated carbocycles. The van der Waals surface area contributed by atoms with Crippen molar-refractivity contribution in [3.8, 4) is 0 Å². The first kappa shape index (κ1) is 23.0. The lowest BCUT2D eigenvalue weighted by Gasteiger charge is -2.38. The molecule has 3 aliphatic heterocycles. The smallest absolute Gasteiger partial charge is 0.142 e. The van der Waals surface area contributed by atoms with Crippen molar-refractivity contribution in [3.63, 3.8) is 0 Å². The minimum absolute atomic E-state index is 0.0149. The van der Waals surface area contributed by atoms with Crippen LogP contribution in [0.25, 0.3) is 0 Å². The zero-order chi connectivity index (χ0) is 22.0. The van der Waals surface area contributed by atoms with E-state index in [-0.39, 0.29) is 24.4 Å². The molecule has 3 saturated heterocycles. The van der Waals surface area contributed by atoms with E-state index in [1.165, 1.54) is 5.56 Å². The highest BCUT2D eigenvalue weighted by Crippen LogP contribution is 2.28. The van der Waals surface area contributed by atoms with Crippen molar-refractivity contribution in [1.82, 2.24) is 31.1 Å². The maximum atomic E-state index is 10.7. The van der Waals surface area contributed by atoms with Crippen LogP contribution in [-0.2, 0) is 4.74 Å². The van der Waals surface area contributed by atoms with Crippen LogP contribution in [0.2, 0.25) is 0 Å². The predicted octanol–water partition coefficient (Wildman–Crippen LogP) is -2.29. The molecular weight excluding hydrogens is 398 g/mol. The Balaban J connectivity index is 1.25. The Hall–Kier alpha value is -1.18. The summed E-state index contributed by atoms with van der Waals surface area (Å²) in [5, 5.41) is 34.7. The van der Waals surface area contributed by atoms with E-state index < -0.39 is 24.5 Å². The molecule has 0 spiro atoms. The number of nitrogens with one attached hydrogen (secondary N) is 4. The number of benzene rings is 1. The van der Waals surface area contributed by atoms with Crippen molar-refractivity contribution in [3.05, 3.63) is 35.9 Å². The normalized spacial score (nSPS) is 37.3. The highest BCUT2D eigenvalue weighted by atomic mass is 16.6. The average Bonchev–Trinajstić information content (AvgIpc) is 3.32. The molecule has 0 amide bonds. The third-order valence-corrected chi connectivity index (χ3v) is 6.64. The van der Waals surface area contributed by atoms with Crippen LogP contribution in [0.3, 0.4) is 0 Å². The van der Waals surface area contributed by atoms with Crippen LogP contribution >= 0.6 is 0 Å². The Morgan fingerprint density at radius 1 is 1.23 bits per heavy atom. The lowest BCUT2D eigenvalue weighted by Crippen LogP contribution is -2.68. The van der Waals surface area contributed by atoms with Gasteiger partial charge < -0.3 is 30.9 Å². The second kappa shape index (κ2) is 10.2. The zero-order valence-electron chi connectivity index (χ0n) is 18.3. The van der Waals surface area contributed by atoms with Crippen LogP contribution < -0.4 is 27.0 Å². The summed E-state index contributed by atoms with van der Waals surface area (Å²) >= 11 is 0. The largest absolute Gasteiger partial charge is 0.387 e. The first-order chi connectivity index (χ1) is 15.0. The van der Waals surface area contributed by atoms with Gasteiger partial charge in [-0.3, -0.25) is 16.0 Å². The fraction of sp³-hybridized carbons (Fsp3) is 0.714. The van der Waals surface area contributed by atoms with Gasteiger partial charge in [-0.25, -0.2) is 4.90 Å². The summed E-state index contributed by atoms with van der Waals surface area (Å²) in [6.45, 7) is 5.44. The minimum atomic E-state index is -0.969. The van der Waals surface area contributed by atoms with E-state index in [9.17, 15) is 10.2 Å². The van der Waals surface area contributed by atoms with Crippen molar-refractivity contribution < 1.29 is 14.9 Å². The quantitative estimate of drug-likeness (QED) is 0.239. The second-order valence-corrected chi connectivity index (χ2v) is 8.85. The fourth-order valence-electron chi connectivity index (χ4n) is 4.74. The maximum absolute atomic E-state index is 10.7. The molecule has 4 unspecified atom stereocenters. The molecule has 3 heterocycles. The molecule has 4 rings (SSSR count). The van der Waals surface area contributed by atoms with Gasteiger partial charge in [-0.1, -0.05) is 30.3 Å². The van der Waals surface area contributed by atoms with E-state index in [0.29, 0.717) is 19.9 Å². The summed E-state index contributed by atoms with van der Waals surface area (Å²) in [7, 11) is 2.01. The Morgan fingerprint density at radius 3 is 2.77 bits per heavy atom. The number of nitrogens with two attached hydrogens (primary N) is 1. The first-order valence-corrected chi connectivity index (χ1v) is 11.2. The van der Waals surface area contributed by atoms with Gasteiger partial charge in [0.2, 0.25) is 0 Å². The Labute approximate surface area is 184 Å². The molecular formula is C21H37N7O3. The van der Waals surface area contributed by atoms with Crippen molar-refractivity contribution in [2.75, 3.05) is 40.0 Å². The van der Waals surface area contributed by atoms with Gasteiger partial charge >= 0.3 is 0 Å². The fourth-order valence-corrected chi connectivity index (χ4v) is 4.74. The van der Waals surface area contributed by atoms with Crippen LogP contribution in [0.15, 0.2) is 30.3 Å². The summed E-state index contributed by atoms with van der Waals surface area (Å²) in [5.74, 6) is 0. The van der Waals surface area contributed by atoms with Gasteiger partial charge in [0.1, 0.15) is 24.5 Å². The number of hydrogen-bond donors (Lipinski definition) is 7. The first-order valence-electron chi connectivity index (χ1n) is 11.2. The molecule has 10 heteroatoms. The molecule has 0 radical (unpaired) electrons. The number of hydrogen-bond acceptors (Lipinski definition) is 10. The standard InChI is InChI=1S/C21H37N7O3/c1-13(14-6-4-3-5-7-14)23-8-9-27(2)10-15-17(29)18(30)21(31-15)28-12-26-16-19(22)24-11-25-20(16)28/h3-7,13,15-21,23-26,29-30H,8-12,22H2,1-2H3/t13?,15-,16?,17-,18-,19?,20?,21-/m1/s1. The van der Waals surface area contributed by atoms with Crippen molar-refractivity contribution >= 4 is 0 Å². The van der Waals surface area contributed by atoms with E-state index in [1.807, 2.05) is 30.1 Å². The summed E-state index contributed by atoms with van der Waals surface area (Å²) < 4.78 is 6.14. The third-order valence-electron chi connectivity index (χ3n) is 6.64. The van der Waals surface area contributed by atoms with Gasteiger partial charge in [0.15, 0.2) is 0 Å². The highest BCUT2D eigenvalue weighted by molar-refractivity contribution is 5.18. The number of aliphatic hydroxyl groups excluding tert-OH is 2. The van der Waals surface area contributed by atoms with Crippen molar-refractivity contribution in [2.24, 2.45) is 5.73 Å². The molecule has 1 aromatic carbocycles. The Bertz CT molecular complexity index is 699. The monoisotopic (exact) mass is 435 g/mol. The number of aliphatic hydroxyl groups is 2. The molecule has 31 heavy (non-hydrogen) atoms. The number of rotatable bonds is 8. The van der Waals surface area contributed by atoms with Crippen LogP contribution in [-0.4, -0.2) is 103 Å². The van der Waals surface area contributed by atoms with Gasteiger partial charge in [-0.15, -0.1) is 0 Å². The number of fused-ring (bicyclic) bond motifs is 1.